The Morgan fingerprint density at radius 3 is 2.65 bits per heavy atom. The highest BCUT2D eigenvalue weighted by Gasteiger charge is 2.24. The second-order valence-electron chi connectivity index (χ2n) is 4.86. The number of rotatable bonds is 4. The fourth-order valence-corrected chi connectivity index (χ4v) is 1.98. The zero-order valence-corrected chi connectivity index (χ0v) is 11.3. The van der Waals surface area contributed by atoms with Crippen LogP contribution in [0.4, 0.5) is 0 Å². The van der Waals surface area contributed by atoms with Crippen molar-refractivity contribution in [2.45, 2.75) is 26.9 Å². The molecule has 1 rings (SSSR count). The lowest BCUT2D eigenvalue weighted by Gasteiger charge is -2.29. The molecule has 17 heavy (non-hydrogen) atoms. The molecule has 1 aromatic rings. The Morgan fingerprint density at radius 1 is 1.59 bits per heavy atom. The topological polar surface area (TPSA) is 71.2 Å². The maximum Gasteiger partial charge on any atom is 0.305 e. The van der Waals surface area contributed by atoms with Crippen molar-refractivity contribution >= 4 is 17.2 Å². The van der Waals surface area contributed by atoms with E-state index in [4.69, 9.17) is 4.74 Å². The maximum absolute atomic E-state index is 11.7. The summed E-state index contributed by atoms with van der Waals surface area (Å²) in [6, 6.07) is 0. The van der Waals surface area contributed by atoms with Gasteiger partial charge in [-0.15, -0.1) is 0 Å². The molecular formula is C11H18N2O3S. The van der Waals surface area contributed by atoms with E-state index in [-0.39, 0.29) is 22.3 Å². The fourth-order valence-electron chi connectivity index (χ4n) is 1.42. The van der Waals surface area contributed by atoms with Crippen molar-refractivity contribution in [1.82, 2.24) is 10.3 Å². The molecule has 5 nitrogen and oxygen atoms in total. The third-order valence-corrected chi connectivity index (χ3v) is 3.13. The van der Waals surface area contributed by atoms with Gasteiger partial charge in [0.25, 0.3) is 5.91 Å². The van der Waals surface area contributed by atoms with Crippen molar-refractivity contribution in [3.63, 3.8) is 0 Å². The molecule has 6 heteroatoms. The first kappa shape index (κ1) is 13.9. The highest BCUT2D eigenvalue weighted by Crippen LogP contribution is 2.20. The minimum absolute atomic E-state index is 0.0515. The van der Waals surface area contributed by atoms with Gasteiger partial charge < -0.3 is 15.0 Å². The van der Waals surface area contributed by atoms with Crippen LogP contribution < -0.4 is 10.2 Å². The summed E-state index contributed by atoms with van der Waals surface area (Å²) in [6.07, 6.45) is -0.0724. The van der Waals surface area contributed by atoms with Crippen molar-refractivity contribution in [2.24, 2.45) is 5.41 Å². The number of aromatic amines is 1. The molecule has 0 radical (unpaired) electrons. The van der Waals surface area contributed by atoms with Gasteiger partial charge in [-0.2, -0.15) is 0 Å². The molecule has 0 aromatic carbocycles. The summed E-state index contributed by atoms with van der Waals surface area (Å²) in [6.45, 7) is 6.54. The molecule has 1 amide bonds. The fraction of sp³-hybridized carbons (Fsp3) is 0.636. The Bertz CT molecular complexity index is 430. The zero-order chi connectivity index (χ0) is 13.1. The second-order valence-corrected chi connectivity index (χ2v) is 5.70. The molecule has 2 N–H and O–H groups in total. The van der Waals surface area contributed by atoms with E-state index in [1.807, 2.05) is 20.8 Å². The van der Waals surface area contributed by atoms with Gasteiger partial charge >= 0.3 is 4.87 Å². The van der Waals surface area contributed by atoms with E-state index in [0.29, 0.717) is 12.2 Å². The van der Waals surface area contributed by atoms with E-state index in [9.17, 15) is 9.59 Å². The first-order valence-corrected chi connectivity index (χ1v) is 6.21. The number of ether oxygens (including phenoxy) is 1. The maximum atomic E-state index is 11.7. The summed E-state index contributed by atoms with van der Waals surface area (Å²) in [5.74, 6) is -0.283. The molecule has 0 aliphatic carbocycles. The Hall–Kier alpha value is -1.14. The molecule has 1 aromatic heterocycles. The molecule has 0 aliphatic rings. The van der Waals surface area contributed by atoms with E-state index in [1.165, 1.54) is 5.38 Å². The van der Waals surface area contributed by atoms with Gasteiger partial charge in [-0.1, -0.05) is 32.1 Å². The van der Waals surface area contributed by atoms with Gasteiger partial charge in [0, 0.05) is 19.0 Å². The third kappa shape index (κ3) is 3.98. The summed E-state index contributed by atoms with van der Waals surface area (Å²) >= 11 is 0.975. The number of H-pyrrole nitrogens is 1. The lowest BCUT2D eigenvalue weighted by Crippen LogP contribution is -2.40. The van der Waals surface area contributed by atoms with Crippen LogP contribution in [0, 0.1) is 5.41 Å². The molecule has 0 aliphatic heterocycles. The summed E-state index contributed by atoms with van der Waals surface area (Å²) < 4.78 is 5.32. The standard InChI is InChI=1S/C11H18N2O3S/c1-11(2,3)8(16-4)5-12-9(14)7-6-17-10(15)13-7/h6,8H,5H2,1-4H3,(H,12,14)(H,13,15). The quantitative estimate of drug-likeness (QED) is 0.853. The van der Waals surface area contributed by atoms with Crippen LogP contribution in [0.15, 0.2) is 10.2 Å². The van der Waals surface area contributed by atoms with Crippen LogP contribution in [0.5, 0.6) is 0 Å². The van der Waals surface area contributed by atoms with E-state index >= 15 is 0 Å². The predicted octanol–water partition coefficient (Wildman–Crippen LogP) is 1.23. The Balaban J connectivity index is 2.56. The number of carbonyl (C=O) groups is 1. The molecular weight excluding hydrogens is 240 g/mol. The van der Waals surface area contributed by atoms with Gasteiger partial charge in [0.15, 0.2) is 0 Å². The molecule has 0 saturated carbocycles. The summed E-state index contributed by atoms with van der Waals surface area (Å²) in [4.78, 5) is 24.8. The molecule has 0 spiro atoms. The van der Waals surface area contributed by atoms with Crippen molar-refractivity contribution in [3.8, 4) is 0 Å². The highest BCUT2D eigenvalue weighted by atomic mass is 32.1. The number of nitrogens with one attached hydrogen (secondary N) is 2. The average molecular weight is 258 g/mol. The second kappa shape index (κ2) is 5.46. The summed E-state index contributed by atoms with van der Waals surface area (Å²) in [7, 11) is 1.62. The molecule has 1 heterocycles. The largest absolute Gasteiger partial charge is 0.379 e. The van der Waals surface area contributed by atoms with Crippen molar-refractivity contribution in [1.29, 1.82) is 0 Å². The van der Waals surface area contributed by atoms with Gasteiger partial charge in [0.05, 0.1) is 6.10 Å². The minimum Gasteiger partial charge on any atom is -0.379 e. The summed E-state index contributed by atoms with van der Waals surface area (Å²) in [5, 5.41) is 4.25. The molecule has 0 bridgehead atoms. The lowest BCUT2D eigenvalue weighted by atomic mass is 9.89. The predicted molar refractivity (Wildman–Crippen MR) is 67.5 cm³/mol. The van der Waals surface area contributed by atoms with E-state index in [0.717, 1.165) is 11.3 Å². The van der Waals surface area contributed by atoms with E-state index in [1.54, 1.807) is 7.11 Å². The Kier molecular flexibility index (Phi) is 4.47. The number of aromatic nitrogens is 1. The number of thiazole rings is 1. The smallest absolute Gasteiger partial charge is 0.305 e. The highest BCUT2D eigenvalue weighted by molar-refractivity contribution is 7.07. The zero-order valence-electron chi connectivity index (χ0n) is 10.5. The number of methoxy groups -OCH3 is 1. The molecule has 0 fully saturated rings. The number of carbonyl (C=O) groups excluding carboxylic acids is 1. The summed E-state index contributed by atoms with van der Waals surface area (Å²) in [5.41, 5.74) is 0.244. The van der Waals surface area contributed by atoms with Crippen LogP contribution in [0.3, 0.4) is 0 Å². The molecule has 0 saturated heterocycles. The minimum atomic E-state index is -0.283. The van der Waals surface area contributed by atoms with Crippen molar-refractivity contribution in [3.05, 3.63) is 20.7 Å². The van der Waals surface area contributed by atoms with Crippen molar-refractivity contribution in [2.75, 3.05) is 13.7 Å². The first-order valence-electron chi connectivity index (χ1n) is 5.33. The van der Waals surface area contributed by atoms with Gasteiger partial charge in [0.2, 0.25) is 0 Å². The van der Waals surface area contributed by atoms with Crippen LogP contribution in [-0.2, 0) is 4.74 Å². The molecule has 1 unspecified atom stereocenters. The number of hydrogen-bond donors (Lipinski definition) is 2. The number of hydrogen-bond acceptors (Lipinski definition) is 4. The van der Waals surface area contributed by atoms with E-state index in [2.05, 4.69) is 10.3 Å². The van der Waals surface area contributed by atoms with Crippen LogP contribution in [0.1, 0.15) is 31.3 Å². The lowest BCUT2D eigenvalue weighted by molar-refractivity contribution is 0.0175. The third-order valence-electron chi connectivity index (χ3n) is 2.46. The first-order chi connectivity index (χ1) is 7.84. The Labute approximate surface area is 104 Å². The van der Waals surface area contributed by atoms with Gasteiger partial charge in [-0.25, -0.2) is 0 Å². The Morgan fingerprint density at radius 2 is 2.24 bits per heavy atom. The molecule has 1 atom stereocenters. The van der Waals surface area contributed by atoms with E-state index < -0.39 is 0 Å². The van der Waals surface area contributed by atoms with Gasteiger partial charge in [0.1, 0.15) is 5.69 Å². The SMILES string of the molecule is COC(CNC(=O)c1csc(=O)[nH]1)C(C)(C)C. The average Bonchev–Trinajstić information content (AvgIpc) is 2.63. The number of amides is 1. The van der Waals surface area contributed by atoms with Crippen LogP contribution in [0.25, 0.3) is 0 Å². The normalized spacial score (nSPS) is 13.4. The van der Waals surface area contributed by atoms with Gasteiger partial charge in [-0.3, -0.25) is 9.59 Å². The van der Waals surface area contributed by atoms with Crippen LogP contribution >= 0.6 is 11.3 Å². The van der Waals surface area contributed by atoms with Crippen LogP contribution in [0.2, 0.25) is 0 Å². The molecule has 96 valence electrons. The van der Waals surface area contributed by atoms with Crippen LogP contribution in [-0.4, -0.2) is 30.6 Å². The van der Waals surface area contributed by atoms with Crippen molar-refractivity contribution < 1.29 is 9.53 Å². The monoisotopic (exact) mass is 258 g/mol. The van der Waals surface area contributed by atoms with Gasteiger partial charge in [-0.05, 0) is 5.41 Å².